The molecule has 11 heteroatoms. The Hall–Kier alpha value is -1.84. The highest BCUT2D eigenvalue weighted by atomic mass is 35.5. The molecule has 1 aromatic carbocycles. The van der Waals surface area contributed by atoms with E-state index in [1.54, 1.807) is 27.7 Å². The van der Waals surface area contributed by atoms with Crippen molar-refractivity contribution in [2.24, 2.45) is 0 Å². The molecule has 0 aliphatic heterocycles. The van der Waals surface area contributed by atoms with Crippen LogP contribution < -0.4 is 5.32 Å². The fraction of sp³-hybridized carbons (Fsp3) is 0.438. The Morgan fingerprint density at radius 2 is 1.96 bits per heavy atom. The summed E-state index contributed by atoms with van der Waals surface area (Å²) in [5, 5.41) is 9.79. The highest BCUT2D eigenvalue weighted by Gasteiger charge is 2.27. The lowest BCUT2D eigenvalue weighted by molar-refractivity contribution is 0.0500. The molecule has 0 saturated heterocycles. The van der Waals surface area contributed by atoms with Gasteiger partial charge in [0.15, 0.2) is 0 Å². The van der Waals surface area contributed by atoms with Gasteiger partial charge in [0, 0.05) is 10.0 Å². The average molecular weight is 436 g/mol. The fourth-order valence-corrected chi connectivity index (χ4v) is 3.69. The van der Waals surface area contributed by atoms with Crippen molar-refractivity contribution < 1.29 is 22.4 Å². The highest BCUT2D eigenvalue weighted by Crippen LogP contribution is 2.25. The molecule has 1 aromatic heterocycles. The lowest BCUT2D eigenvalue weighted by atomic mass is 10.2. The number of halogens is 2. The van der Waals surface area contributed by atoms with Crippen molar-refractivity contribution in [3.63, 3.8) is 0 Å². The molecule has 1 unspecified atom stereocenters. The van der Waals surface area contributed by atoms with Gasteiger partial charge in [0.2, 0.25) is 15.7 Å². The lowest BCUT2D eigenvalue weighted by Gasteiger charge is -2.20. The van der Waals surface area contributed by atoms with Gasteiger partial charge in [0.1, 0.15) is 11.6 Å². The maximum atomic E-state index is 12.5. The first-order valence-electron chi connectivity index (χ1n) is 7.87. The van der Waals surface area contributed by atoms with Crippen LogP contribution in [-0.2, 0) is 20.3 Å². The number of carbonyl (C=O) groups excluding carboxylic acids is 1. The van der Waals surface area contributed by atoms with E-state index in [0.29, 0.717) is 10.6 Å². The molecule has 0 radical (unpaired) electrons. The summed E-state index contributed by atoms with van der Waals surface area (Å²) < 4.78 is 35.3. The predicted molar refractivity (Wildman–Crippen MR) is 99.4 cm³/mol. The van der Waals surface area contributed by atoms with Gasteiger partial charge in [-0.15, -0.1) is 5.10 Å². The molecule has 1 atom stereocenters. The number of benzene rings is 1. The standard InChI is InChI=1S/C16H19Cl2N3O5S/c1-9(19-14(22)26-16(2,3)4)13-20-21-15(25-13)27(23,24)8-10-5-6-11(17)7-12(10)18/h5-7,9H,8H2,1-4H3,(H,19,22). The van der Waals surface area contributed by atoms with Crippen molar-refractivity contribution in [2.75, 3.05) is 0 Å². The molecule has 148 valence electrons. The quantitative estimate of drug-likeness (QED) is 0.756. The zero-order chi connectivity index (χ0) is 20.4. The summed E-state index contributed by atoms with van der Waals surface area (Å²) in [7, 11) is -3.93. The number of hydrogen-bond acceptors (Lipinski definition) is 7. The third-order valence-corrected chi connectivity index (χ3v) is 5.13. The Labute approximate surface area is 167 Å². The van der Waals surface area contributed by atoms with E-state index in [4.69, 9.17) is 32.4 Å². The topological polar surface area (TPSA) is 111 Å². The number of carbonyl (C=O) groups is 1. The number of aromatic nitrogens is 2. The number of nitrogens with one attached hydrogen (secondary N) is 1. The molecule has 1 N–H and O–H groups in total. The number of nitrogens with zero attached hydrogens (tertiary/aromatic N) is 2. The first-order valence-corrected chi connectivity index (χ1v) is 10.3. The van der Waals surface area contributed by atoms with Crippen LogP contribution in [0.2, 0.25) is 10.0 Å². The largest absolute Gasteiger partial charge is 0.444 e. The second-order valence-electron chi connectivity index (χ2n) is 6.77. The summed E-state index contributed by atoms with van der Waals surface area (Å²) >= 11 is 11.8. The monoisotopic (exact) mass is 435 g/mol. The molecular weight excluding hydrogens is 417 g/mol. The molecule has 0 aliphatic carbocycles. The van der Waals surface area contributed by atoms with Gasteiger partial charge in [-0.05, 0) is 45.4 Å². The normalized spacial score (nSPS) is 13.3. The Morgan fingerprint density at radius 1 is 1.30 bits per heavy atom. The van der Waals surface area contributed by atoms with E-state index >= 15 is 0 Å². The smallest absolute Gasteiger partial charge is 0.408 e. The first kappa shape index (κ1) is 21.5. The zero-order valence-corrected chi connectivity index (χ0v) is 17.4. The van der Waals surface area contributed by atoms with Gasteiger partial charge in [0.05, 0.1) is 5.75 Å². The molecule has 2 rings (SSSR count). The second-order valence-corrected chi connectivity index (χ2v) is 9.48. The fourth-order valence-electron chi connectivity index (χ4n) is 1.97. The van der Waals surface area contributed by atoms with Crippen LogP contribution in [0.15, 0.2) is 27.8 Å². The maximum absolute atomic E-state index is 12.5. The van der Waals surface area contributed by atoms with E-state index in [0.717, 1.165) is 0 Å². The lowest BCUT2D eigenvalue weighted by Crippen LogP contribution is -2.34. The molecule has 0 saturated carbocycles. The van der Waals surface area contributed by atoms with E-state index in [-0.39, 0.29) is 10.9 Å². The van der Waals surface area contributed by atoms with Gasteiger partial charge < -0.3 is 14.5 Å². The number of rotatable bonds is 5. The molecule has 27 heavy (non-hydrogen) atoms. The first-order chi connectivity index (χ1) is 12.4. The Balaban J connectivity index is 2.12. The van der Waals surface area contributed by atoms with Crippen LogP contribution in [0.3, 0.4) is 0 Å². The number of sulfone groups is 1. The summed E-state index contributed by atoms with van der Waals surface area (Å²) in [5.74, 6) is -0.500. The number of amides is 1. The summed E-state index contributed by atoms with van der Waals surface area (Å²) in [6, 6.07) is 3.74. The van der Waals surface area contributed by atoms with Crippen LogP contribution in [0, 0.1) is 0 Å². The molecule has 8 nitrogen and oxygen atoms in total. The number of ether oxygens (including phenoxy) is 1. The van der Waals surface area contributed by atoms with Gasteiger partial charge in [0.25, 0.3) is 0 Å². The van der Waals surface area contributed by atoms with E-state index < -0.39 is 38.5 Å². The SMILES string of the molecule is CC(NC(=O)OC(C)(C)C)c1nnc(S(=O)(=O)Cc2ccc(Cl)cc2Cl)o1. The minimum absolute atomic E-state index is 0.0679. The van der Waals surface area contributed by atoms with Crippen molar-refractivity contribution >= 4 is 39.1 Å². The molecule has 0 spiro atoms. The molecular formula is C16H19Cl2N3O5S. The third kappa shape index (κ3) is 6.08. The van der Waals surface area contributed by atoms with Crippen molar-refractivity contribution in [2.45, 2.75) is 50.3 Å². The third-order valence-electron chi connectivity index (χ3n) is 3.15. The molecule has 0 bridgehead atoms. The van der Waals surface area contributed by atoms with Crippen molar-refractivity contribution in [1.82, 2.24) is 15.5 Å². The second kappa shape index (κ2) is 8.04. The van der Waals surface area contributed by atoms with Crippen molar-refractivity contribution in [3.05, 3.63) is 39.7 Å². The summed E-state index contributed by atoms with van der Waals surface area (Å²) in [6.45, 7) is 6.72. The van der Waals surface area contributed by atoms with Gasteiger partial charge in [-0.1, -0.05) is 34.4 Å². The maximum Gasteiger partial charge on any atom is 0.408 e. The van der Waals surface area contributed by atoms with E-state index in [1.807, 2.05) is 0 Å². The summed E-state index contributed by atoms with van der Waals surface area (Å²) in [6.07, 6.45) is -0.689. The van der Waals surface area contributed by atoms with Crippen molar-refractivity contribution in [1.29, 1.82) is 0 Å². The minimum atomic E-state index is -3.93. The van der Waals surface area contributed by atoms with Crippen LogP contribution in [0.5, 0.6) is 0 Å². The molecule has 1 amide bonds. The van der Waals surface area contributed by atoms with Gasteiger partial charge in [-0.25, -0.2) is 13.2 Å². The predicted octanol–water partition coefficient (Wildman–Crippen LogP) is 3.94. The van der Waals surface area contributed by atoms with Gasteiger partial charge in [-0.3, -0.25) is 0 Å². The van der Waals surface area contributed by atoms with Crippen LogP contribution in [0.1, 0.15) is 45.2 Å². The Morgan fingerprint density at radius 3 is 2.56 bits per heavy atom. The Bertz CT molecular complexity index is 938. The van der Waals surface area contributed by atoms with Crippen LogP contribution in [0.4, 0.5) is 4.79 Å². The van der Waals surface area contributed by atoms with Crippen LogP contribution in [-0.4, -0.2) is 30.3 Å². The zero-order valence-electron chi connectivity index (χ0n) is 15.1. The molecule has 0 fully saturated rings. The van der Waals surface area contributed by atoms with Crippen LogP contribution in [0.25, 0.3) is 0 Å². The summed E-state index contributed by atoms with van der Waals surface area (Å²) in [4.78, 5) is 11.8. The number of hydrogen-bond donors (Lipinski definition) is 1. The van der Waals surface area contributed by atoms with E-state index in [9.17, 15) is 13.2 Å². The van der Waals surface area contributed by atoms with E-state index in [1.165, 1.54) is 18.2 Å². The highest BCUT2D eigenvalue weighted by molar-refractivity contribution is 7.90. The summed E-state index contributed by atoms with van der Waals surface area (Å²) in [5.41, 5.74) is -0.328. The molecule has 2 aromatic rings. The minimum Gasteiger partial charge on any atom is -0.444 e. The Kier molecular flexibility index (Phi) is 6.39. The molecule has 1 heterocycles. The van der Waals surface area contributed by atoms with Gasteiger partial charge >= 0.3 is 11.3 Å². The number of alkyl carbamates (subject to hydrolysis) is 1. The van der Waals surface area contributed by atoms with Crippen LogP contribution >= 0.6 is 23.2 Å². The van der Waals surface area contributed by atoms with Crippen molar-refractivity contribution in [3.8, 4) is 0 Å². The van der Waals surface area contributed by atoms with Gasteiger partial charge in [-0.2, -0.15) is 0 Å². The average Bonchev–Trinajstić information content (AvgIpc) is 2.99. The van der Waals surface area contributed by atoms with E-state index in [2.05, 4.69) is 15.5 Å². The molecule has 0 aliphatic rings.